The molecule has 132 valence electrons. The Kier molecular flexibility index (Phi) is 4.89. The molecule has 27 heavy (non-hydrogen) atoms. The summed E-state index contributed by atoms with van der Waals surface area (Å²) in [7, 11) is 0. The lowest BCUT2D eigenvalue weighted by Crippen LogP contribution is -2.35. The molecule has 0 aromatic heterocycles. The number of carbonyl (C=O) groups is 1. The second kappa shape index (κ2) is 7.80. The molecule has 0 saturated carbocycles. The Hall–Kier alpha value is -3.51. The van der Waals surface area contributed by atoms with Crippen molar-refractivity contribution in [3.8, 4) is 12.0 Å². The Bertz CT molecular complexity index is 919. The molecule has 1 amide bonds. The van der Waals surface area contributed by atoms with E-state index >= 15 is 0 Å². The number of benzene rings is 3. The van der Waals surface area contributed by atoms with Gasteiger partial charge in [-0.25, -0.2) is 9.69 Å². The third kappa shape index (κ3) is 3.70. The average molecular weight is 353 g/mol. The van der Waals surface area contributed by atoms with E-state index in [1.54, 1.807) is 0 Å². The summed E-state index contributed by atoms with van der Waals surface area (Å²) in [4.78, 5) is 13.9. The zero-order valence-electron chi connectivity index (χ0n) is 14.8. The number of cyclic esters (lactones) is 1. The van der Waals surface area contributed by atoms with Gasteiger partial charge in [0.1, 0.15) is 6.61 Å². The maximum absolute atomic E-state index is 12.4. The summed E-state index contributed by atoms with van der Waals surface area (Å²) in [5.74, 6) is 3.07. The molecule has 1 heterocycles. The van der Waals surface area contributed by atoms with Crippen molar-refractivity contribution in [3.05, 3.63) is 108 Å². The van der Waals surface area contributed by atoms with Crippen LogP contribution in [-0.2, 0) is 4.74 Å². The van der Waals surface area contributed by atoms with E-state index in [4.69, 9.17) is 4.74 Å². The minimum atomic E-state index is -0.389. The van der Waals surface area contributed by atoms with Gasteiger partial charge in [-0.1, -0.05) is 78.9 Å². The van der Waals surface area contributed by atoms with Gasteiger partial charge in [0.05, 0.1) is 6.04 Å². The van der Waals surface area contributed by atoms with Gasteiger partial charge < -0.3 is 4.74 Å². The fourth-order valence-corrected chi connectivity index (χ4v) is 3.41. The van der Waals surface area contributed by atoms with Crippen LogP contribution in [0, 0.1) is 12.0 Å². The molecule has 0 N–H and O–H groups in total. The van der Waals surface area contributed by atoms with Crippen LogP contribution in [0.4, 0.5) is 4.79 Å². The standard InChI is InChI=1S/C24H19NO2/c26-24-25(17-16-19-10-4-1-5-11-19)22(18-27-24)23(20-12-6-2-7-13-20)21-14-8-3-9-15-21/h1-15,22-23H,18H2/t22-/m0/s1. The molecule has 0 aliphatic carbocycles. The molecule has 1 saturated heterocycles. The van der Waals surface area contributed by atoms with Gasteiger partial charge in [0, 0.05) is 17.5 Å². The molecule has 1 fully saturated rings. The highest BCUT2D eigenvalue weighted by Gasteiger charge is 2.39. The Morgan fingerprint density at radius 3 is 1.89 bits per heavy atom. The number of amides is 1. The molecular weight excluding hydrogens is 334 g/mol. The number of nitrogens with zero attached hydrogens (tertiary/aromatic N) is 1. The number of carbonyl (C=O) groups excluding carboxylic acids is 1. The molecule has 4 rings (SSSR count). The maximum Gasteiger partial charge on any atom is 0.422 e. The molecule has 1 aliphatic heterocycles. The van der Waals surface area contributed by atoms with Gasteiger partial charge in [-0.2, -0.15) is 0 Å². The van der Waals surface area contributed by atoms with Crippen molar-refractivity contribution in [2.24, 2.45) is 0 Å². The molecule has 0 spiro atoms. The van der Waals surface area contributed by atoms with Crippen LogP contribution in [0.15, 0.2) is 91.0 Å². The third-order valence-electron chi connectivity index (χ3n) is 4.70. The van der Waals surface area contributed by atoms with Crippen LogP contribution >= 0.6 is 0 Å². The van der Waals surface area contributed by atoms with Crippen molar-refractivity contribution in [3.63, 3.8) is 0 Å². The van der Waals surface area contributed by atoms with E-state index in [1.165, 1.54) is 4.90 Å². The Morgan fingerprint density at radius 1 is 0.815 bits per heavy atom. The molecule has 1 atom stereocenters. The Morgan fingerprint density at radius 2 is 1.33 bits per heavy atom. The van der Waals surface area contributed by atoms with Crippen LogP contribution in [-0.4, -0.2) is 23.6 Å². The summed E-state index contributed by atoms with van der Waals surface area (Å²) in [5.41, 5.74) is 3.14. The monoisotopic (exact) mass is 353 g/mol. The largest absolute Gasteiger partial charge is 0.446 e. The topological polar surface area (TPSA) is 29.5 Å². The second-order valence-corrected chi connectivity index (χ2v) is 6.42. The first-order chi connectivity index (χ1) is 13.3. The van der Waals surface area contributed by atoms with Gasteiger partial charge in [0.25, 0.3) is 0 Å². The first kappa shape index (κ1) is 16.9. The first-order valence-electron chi connectivity index (χ1n) is 8.95. The first-order valence-corrected chi connectivity index (χ1v) is 8.95. The van der Waals surface area contributed by atoms with Gasteiger partial charge in [0.15, 0.2) is 0 Å². The zero-order valence-corrected chi connectivity index (χ0v) is 14.8. The Balaban J connectivity index is 1.73. The van der Waals surface area contributed by atoms with Gasteiger partial charge in [-0.15, -0.1) is 0 Å². The van der Waals surface area contributed by atoms with Crippen LogP contribution in [0.2, 0.25) is 0 Å². The maximum atomic E-state index is 12.4. The van der Waals surface area contributed by atoms with E-state index in [9.17, 15) is 4.79 Å². The summed E-state index contributed by atoms with van der Waals surface area (Å²) in [6.45, 7) is 0.316. The molecule has 3 heteroatoms. The predicted octanol–water partition coefficient (Wildman–Crippen LogP) is 4.65. The quantitative estimate of drug-likeness (QED) is 0.642. The van der Waals surface area contributed by atoms with Gasteiger partial charge in [-0.05, 0) is 29.2 Å². The predicted molar refractivity (Wildman–Crippen MR) is 105 cm³/mol. The van der Waals surface area contributed by atoms with Crippen molar-refractivity contribution < 1.29 is 9.53 Å². The summed E-state index contributed by atoms with van der Waals surface area (Å²) < 4.78 is 5.37. The van der Waals surface area contributed by atoms with E-state index in [0.29, 0.717) is 6.61 Å². The van der Waals surface area contributed by atoms with E-state index < -0.39 is 0 Å². The van der Waals surface area contributed by atoms with Crippen LogP contribution < -0.4 is 0 Å². The van der Waals surface area contributed by atoms with Crippen LogP contribution in [0.3, 0.4) is 0 Å². The summed E-state index contributed by atoms with van der Waals surface area (Å²) >= 11 is 0. The molecule has 1 aliphatic rings. The van der Waals surface area contributed by atoms with Gasteiger partial charge in [0.2, 0.25) is 0 Å². The van der Waals surface area contributed by atoms with E-state index in [2.05, 4.69) is 36.2 Å². The lowest BCUT2D eigenvalue weighted by atomic mass is 9.85. The smallest absolute Gasteiger partial charge is 0.422 e. The fourth-order valence-electron chi connectivity index (χ4n) is 3.41. The highest BCUT2D eigenvalue weighted by Crippen LogP contribution is 2.33. The van der Waals surface area contributed by atoms with E-state index in [-0.39, 0.29) is 18.1 Å². The number of hydrogen-bond acceptors (Lipinski definition) is 2. The Labute approximate surface area is 159 Å². The SMILES string of the molecule is O=C1OC[C@@H](C(c2ccccc2)c2ccccc2)N1C#Cc1ccccc1. The fraction of sp³-hybridized carbons (Fsp3) is 0.125. The van der Waals surface area contributed by atoms with Crippen molar-refractivity contribution in [1.82, 2.24) is 4.90 Å². The van der Waals surface area contributed by atoms with Gasteiger partial charge >= 0.3 is 6.09 Å². The molecule has 0 unspecified atom stereocenters. The normalized spacial score (nSPS) is 16.0. The minimum Gasteiger partial charge on any atom is -0.446 e. The summed E-state index contributed by atoms with van der Waals surface area (Å²) in [6, 6.07) is 32.9. The second-order valence-electron chi connectivity index (χ2n) is 6.42. The average Bonchev–Trinajstić information content (AvgIpc) is 3.09. The highest BCUT2D eigenvalue weighted by atomic mass is 16.6. The lowest BCUT2D eigenvalue weighted by Gasteiger charge is -2.26. The van der Waals surface area contributed by atoms with Gasteiger partial charge in [-0.3, -0.25) is 0 Å². The van der Waals surface area contributed by atoms with Crippen molar-refractivity contribution in [2.45, 2.75) is 12.0 Å². The molecule has 3 aromatic carbocycles. The minimum absolute atomic E-state index is 0.0103. The third-order valence-corrected chi connectivity index (χ3v) is 4.70. The van der Waals surface area contributed by atoms with Crippen LogP contribution in [0.1, 0.15) is 22.6 Å². The van der Waals surface area contributed by atoms with Crippen molar-refractivity contribution >= 4 is 6.09 Å². The van der Waals surface area contributed by atoms with E-state index in [1.807, 2.05) is 66.7 Å². The van der Waals surface area contributed by atoms with Crippen molar-refractivity contribution in [1.29, 1.82) is 0 Å². The highest BCUT2D eigenvalue weighted by molar-refractivity contribution is 5.73. The molecule has 3 nitrogen and oxygen atoms in total. The van der Waals surface area contributed by atoms with E-state index in [0.717, 1.165) is 16.7 Å². The number of rotatable bonds is 3. The molecule has 3 aromatic rings. The number of ether oxygens (including phenoxy) is 1. The zero-order chi connectivity index (χ0) is 18.5. The van der Waals surface area contributed by atoms with Crippen molar-refractivity contribution in [2.75, 3.05) is 6.61 Å². The molecule has 0 radical (unpaired) electrons. The van der Waals surface area contributed by atoms with Crippen LogP contribution in [0.25, 0.3) is 0 Å². The molecular formula is C24H19NO2. The lowest BCUT2D eigenvalue weighted by molar-refractivity contribution is 0.167. The summed E-state index contributed by atoms with van der Waals surface area (Å²) in [6.07, 6.45) is -0.389. The van der Waals surface area contributed by atoms with Crippen LogP contribution in [0.5, 0.6) is 0 Å². The summed E-state index contributed by atoms with van der Waals surface area (Å²) in [5, 5.41) is 0. The number of hydrogen-bond donors (Lipinski definition) is 0. The molecule has 0 bridgehead atoms.